The number of carbonyl (C=O) groups excluding carboxylic acids is 2. The third-order valence-corrected chi connectivity index (χ3v) is 5.01. The zero-order valence-electron chi connectivity index (χ0n) is 17.2. The van der Waals surface area contributed by atoms with Crippen LogP contribution in [0.25, 0.3) is 0 Å². The van der Waals surface area contributed by atoms with Crippen LogP contribution in [-0.4, -0.2) is 32.1 Å². The molecular formula is C23H28N2O4. The molecule has 1 N–H and O–H groups in total. The van der Waals surface area contributed by atoms with Crippen molar-refractivity contribution in [3.8, 4) is 11.5 Å². The molecule has 0 saturated heterocycles. The first-order chi connectivity index (χ1) is 14.0. The van der Waals surface area contributed by atoms with Crippen LogP contribution in [0.3, 0.4) is 0 Å². The first kappa shape index (κ1) is 20.7. The second-order valence-corrected chi connectivity index (χ2v) is 7.12. The van der Waals surface area contributed by atoms with Gasteiger partial charge in [-0.1, -0.05) is 37.6 Å². The molecule has 154 valence electrons. The molecule has 0 spiro atoms. The minimum atomic E-state index is -0.643. The van der Waals surface area contributed by atoms with E-state index in [2.05, 4.69) is 18.3 Å². The van der Waals surface area contributed by atoms with Gasteiger partial charge in [-0.15, -0.1) is 0 Å². The molecule has 1 heterocycles. The number of hydrogen-bond donors (Lipinski definition) is 1. The number of nitrogens with zero attached hydrogens (tertiary/aromatic N) is 1. The number of aryl methyl sites for hydroxylation is 1. The zero-order valence-corrected chi connectivity index (χ0v) is 17.2. The third-order valence-electron chi connectivity index (χ3n) is 5.01. The van der Waals surface area contributed by atoms with Gasteiger partial charge >= 0.3 is 0 Å². The zero-order chi connectivity index (χ0) is 20.8. The van der Waals surface area contributed by atoms with Gasteiger partial charge < -0.3 is 19.7 Å². The maximum absolute atomic E-state index is 13.0. The summed E-state index contributed by atoms with van der Waals surface area (Å²) in [5.74, 6) is 0.930. The van der Waals surface area contributed by atoms with Gasteiger partial charge in [-0.2, -0.15) is 0 Å². The molecule has 0 unspecified atom stereocenters. The lowest BCUT2D eigenvalue weighted by molar-refractivity contribution is -0.126. The largest absolute Gasteiger partial charge is 0.493 e. The fraction of sp³-hybridized carbons (Fsp3) is 0.391. The molecule has 1 atom stereocenters. The number of para-hydroxylation sites is 2. The highest BCUT2D eigenvalue weighted by Gasteiger charge is 2.37. The molecule has 0 radical (unpaired) electrons. The van der Waals surface area contributed by atoms with E-state index >= 15 is 0 Å². The number of ether oxygens (including phenoxy) is 2. The maximum atomic E-state index is 13.0. The molecule has 6 heteroatoms. The number of methoxy groups -OCH3 is 1. The molecular weight excluding hydrogens is 368 g/mol. The molecule has 0 aromatic heterocycles. The van der Waals surface area contributed by atoms with Crippen LogP contribution in [0, 0.1) is 0 Å². The Morgan fingerprint density at radius 3 is 2.62 bits per heavy atom. The average molecular weight is 396 g/mol. The third kappa shape index (κ3) is 4.70. The van der Waals surface area contributed by atoms with Gasteiger partial charge in [0, 0.05) is 18.2 Å². The molecule has 0 aliphatic carbocycles. The normalized spacial score (nSPS) is 15.2. The molecule has 0 fully saturated rings. The Morgan fingerprint density at radius 2 is 1.93 bits per heavy atom. The van der Waals surface area contributed by atoms with Crippen molar-refractivity contribution >= 4 is 17.5 Å². The smallest absolute Gasteiger partial charge is 0.254 e. The number of rotatable bonds is 9. The van der Waals surface area contributed by atoms with E-state index in [1.54, 1.807) is 12.0 Å². The van der Waals surface area contributed by atoms with Crippen molar-refractivity contribution in [1.29, 1.82) is 0 Å². The lowest BCUT2D eigenvalue weighted by Gasteiger charge is -2.19. The predicted molar refractivity (Wildman–Crippen MR) is 112 cm³/mol. The SMILES string of the molecule is CCCCc1ccc2c(c1)[C@@H](NC(C)=O)C(=O)N2CCOc1ccccc1OC. The Balaban J connectivity index is 1.77. The average Bonchev–Trinajstić information content (AvgIpc) is 2.97. The Morgan fingerprint density at radius 1 is 1.17 bits per heavy atom. The van der Waals surface area contributed by atoms with Gasteiger partial charge in [0.1, 0.15) is 12.6 Å². The summed E-state index contributed by atoms with van der Waals surface area (Å²) in [4.78, 5) is 26.4. The summed E-state index contributed by atoms with van der Waals surface area (Å²) in [6.07, 6.45) is 3.16. The van der Waals surface area contributed by atoms with Crippen LogP contribution in [-0.2, 0) is 16.0 Å². The van der Waals surface area contributed by atoms with E-state index in [1.165, 1.54) is 12.5 Å². The van der Waals surface area contributed by atoms with Crippen molar-refractivity contribution in [2.24, 2.45) is 0 Å². The van der Waals surface area contributed by atoms with Crippen molar-refractivity contribution in [2.75, 3.05) is 25.2 Å². The van der Waals surface area contributed by atoms with E-state index in [4.69, 9.17) is 9.47 Å². The highest BCUT2D eigenvalue weighted by molar-refractivity contribution is 6.06. The molecule has 2 amide bonds. The molecule has 2 aromatic carbocycles. The number of unbranched alkanes of at least 4 members (excludes halogenated alkanes) is 1. The van der Waals surface area contributed by atoms with Crippen molar-refractivity contribution in [3.05, 3.63) is 53.6 Å². The van der Waals surface area contributed by atoms with Gasteiger partial charge in [0.15, 0.2) is 11.5 Å². The molecule has 1 aliphatic rings. The van der Waals surface area contributed by atoms with Gasteiger partial charge in [0.2, 0.25) is 5.91 Å². The summed E-state index contributed by atoms with van der Waals surface area (Å²) >= 11 is 0. The minimum absolute atomic E-state index is 0.133. The standard InChI is InChI=1S/C23H28N2O4/c1-4-5-8-17-11-12-19-18(15-17)22(24-16(2)26)23(27)25(19)13-14-29-21-10-7-6-9-20(21)28-3/h6-7,9-12,15,22H,4-5,8,13-14H2,1-3H3,(H,24,26)/t22-/m1/s1. The van der Waals surface area contributed by atoms with Crippen molar-refractivity contribution in [2.45, 2.75) is 39.2 Å². The van der Waals surface area contributed by atoms with Gasteiger partial charge in [-0.25, -0.2) is 0 Å². The van der Waals surface area contributed by atoms with Crippen LogP contribution >= 0.6 is 0 Å². The predicted octanol–water partition coefficient (Wildman–Crippen LogP) is 3.64. The number of hydrogen-bond acceptors (Lipinski definition) is 4. The number of nitrogens with one attached hydrogen (secondary N) is 1. The second kappa shape index (κ2) is 9.45. The van der Waals surface area contributed by atoms with E-state index in [0.29, 0.717) is 24.7 Å². The Labute approximate surface area is 171 Å². The van der Waals surface area contributed by atoms with Crippen LogP contribution in [0.4, 0.5) is 5.69 Å². The van der Waals surface area contributed by atoms with Crippen LogP contribution < -0.4 is 19.7 Å². The van der Waals surface area contributed by atoms with E-state index in [-0.39, 0.29) is 11.8 Å². The van der Waals surface area contributed by atoms with Gasteiger partial charge in [-0.05, 0) is 36.6 Å². The fourth-order valence-electron chi connectivity index (χ4n) is 3.58. The van der Waals surface area contributed by atoms with E-state index < -0.39 is 6.04 Å². The van der Waals surface area contributed by atoms with E-state index in [0.717, 1.165) is 30.5 Å². The van der Waals surface area contributed by atoms with Crippen molar-refractivity contribution < 1.29 is 19.1 Å². The summed E-state index contributed by atoms with van der Waals surface area (Å²) in [5.41, 5.74) is 2.87. The van der Waals surface area contributed by atoms with Crippen LogP contribution in [0.15, 0.2) is 42.5 Å². The first-order valence-corrected chi connectivity index (χ1v) is 10.0. The number of fused-ring (bicyclic) bond motifs is 1. The molecule has 0 saturated carbocycles. The number of amides is 2. The molecule has 29 heavy (non-hydrogen) atoms. The summed E-state index contributed by atoms with van der Waals surface area (Å²) in [6, 6.07) is 12.9. The van der Waals surface area contributed by atoms with E-state index in [1.807, 2.05) is 36.4 Å². The van der Waals surface area contributed by atoms with Crippen molar-refractivity contribution in [3.63, 3.8) is 0 Å². The van der Waals surface area contributed by atoms with Gasteiger partial charge in [0.05, 0.1) is 13.7 Å². The molecule has 3 rings (SSSR count). The Hall–Kier alpha value is -3.02. The highest BCUT2D eigenvalue weighted by Crippen LogP contribution is 2.37. The summed E-state index contributed by atoms with van der Waals surface area (Å²) in [5, 5.41) is 2.80. The van der Waals surface area contributed by atoms with Crippen LogP contribution in [0.5, 0.6) is 11.5 Å². The summed E-state index contributed by atoms with van der Waals surface area (Å²) in [7, 11) is 1.59. The lowest BCUT2D eigenvalue weighted by atomic mass is 10.0. The summed E-state index contributed by atoms with van der Waals surface area (Å²) in [6.45, 7) is 4.28. The minimum Gasteiger partial charge on any atom is -0.493 e. The van der Waals surface area contributed by atoms with Gasteiger partial charge in [0.25, 0.3) is 5.91 Å². The Bertz CT molecular complexity index is 881. The lowest BCUT2D eigenvalue weighted by Crippen LogP contribution is -2.38. The molecule has 1 aliphatic heterocycles. The number of carbonyl (C=O) groups is 2. The second-order valence-electron chi connectivity index (χ2n) is 7.12. The quantitative estimate of drug-likeness (QED) is 0.703. The maximum Gasteiger partial charge on any atom is 0.254 e. The van der Waals surface area contributed by atoms with E-state index in [9.17, 15) is 9.59 Å². The monoisotopic (exact) mass is 396 g/mol. The Kier molecular flexibility index (Phi) is 6.75. The fourth-order valence-corrected chi connectivity index (χ4v) is 3.58. The topological polar surface area (TPSA) is 67.9 Å². The van der Waals surface area contributed by atoms with Crippen LogP contribution in [0.2, 0.25) is 0 Å². The van der Waals surface area contributed by atoms with Gasteiger partial charge in [-0.3, -0.25) is 9.59 Å². The molecule has 0 bridgehead atoms. The number of anilines is 1. The molecule has 6 nitrogen and oxygen atoms in total. The first-order valence-electron chi connectivity index (χ1n) is 10.0. The van der Waals surface area contributed by atoms with Crippen molar-refractivity contribution in [1.82, 2.24) is 5.32 Å². The summed E-state index contributed by atoms with van der Waals surface area (Å²) < 4.78 is 11.1. The number of benzene rings is 2. The van der Waals surface area contributed by atoms with Crippen LogP contribution in [0.1, 0.15) is 43.9 Å². The highest BCUT2D eigenvalue weighted by atomic mass is 16.5. The molecule has 2 aromatic rings.